The molecule has 23 heavy (non-hydrogen) atoms. The van der Waals surface area contributed by atoms with Crippen molar-refractivity contribution in [3.05, 3.63) is 30.3 Å². The molecule has 1 aliphatic carbocycles. The van der Waals surface area contributed by atoms with Crippen LogP contribution in [0.15, 0.2) is 30.3 Å². The zero-order valence-corrected chi connectivity index (χ0v) is 17.5. The molecule has 130 valence electrons. The summed E-state index contributed by atoms with van der Waals surface area (Å²) in [7, 11) is 0. The highest BCUT2D eigenvalue weighted by Gasteiger charge is 2.84. The maximum Gasteiger partial charge on any atom is 0.262 e. The predicted octanol–water partition coefficient (Wildman–Crippen LogP) is 6.07. The van der Waals surface area contributed by atoms with Gasteiger partial charge in [-0.05, 0) is 12.1 Å². The van der Waals surface area contributed by atoms with Crippen LogP contribution >= 0.6 is 104 Å². The van der Waals surface area contributed by atoms with E-state index in [0.717, 1.165) is 0 Å². The molecule has 0 bridgehead atoms. The second-order valence-electron chi connectivity index (χ2n) is 4.82. The van der Waals surface area contributed by atoms with Crippen LogP contribution in [0.3, 0.4) is 0 Å². The molecule has 11 heteroatoms. The summed E-state index contributed by atoms with van der Waals surface area (Å²) in [5, 5.41) is 3.79. The minimum atomic E-state index is -2.65. The topological polar surface area (TPSA) is 29.5 Å². The Hall–Kier alpha value is 1.59. The quantitative estimate of drug-likeness (QED) is 0.498. The van der Waals surface area contributed by atoms with Gasteiger partial charge in [-0.15, -0.1) is 11.6 Å². The summed E-state index contributed by atoms with van der Waals surface area (Å²) in [6.07, 6.45) is 0. The number of aliphatic hydroxyl groups is 1. The van der Waals surface area contributed by atoms with E-state index in [-0.39, 0.29) is 5.75 Å². The number of hydrogen-bond donors (Lipinski definition) is 1. The maximum absolute atomic E-state index is 10.6. The highest BCUT2D eigenvalue weighted by molar-refractivity contribution is 6.73. The van der Waals surface area contributed by atoms with Gasteiger partial charge in [0.15, 0.2) is 8.67 Å². The van der Waals surface area contributed by atoms with Crippen LogP contribution in [-0.4, -0.2) is 33.6 Å². The fourth-order valence-electron chi connectivity index (χ4n) is 1.98. The van der Waals surface area contributed by atoms with Crippen molar-refractivity contribution in [3.63, 3.8) is 0 Å². The first-order valence-corrected chi connectivity index (χ1v) is 9.31. The number of halogens is 9. The molecule has 1 N–H and O–H groups in total. The van der Waals surface area contributed by atoms with Gasteiger partial charge in [0.25, 0.3) is 5.06 Å². The Morgan fingerprint density at radius 3 is 1.78 bits per heavy atom. The Morgan fingerprint density at radius 1 is 0.826 bits per heavy atom. The average Bonchev–Trinajstić information content (AvgIpc) is 2.45. The summed E-state index contributed by atoms with van der Waals surface area (Å²) in [6.45, 7) is 0. The number of alkyl halides is 9. The summed E-state index contributed by atoms with van der Waals surface area (Å²) in [5.74, 6) is 0.164. The van der Waals surface area contributed by atoms with Crippen molar-refractivity contribution in [1.82, 2.24) is 0 Å². The van der Waals surface area contributed by atoms with Gasteiger partial charge in [-0.3, -0.25) is 0 Å². The Bertz CT molecular complexity index is 589. The molecule has 3 atom stereocenters. The molecule has 0 saturated heterocycles. The second kappa shape index (κ2) is 6.34. The zero-order chi connectivity index (χ0) is 17.9. The molecular weight excluding hydrogens is 495 g/mol. The minimum Gasteiger partial charge on any atom is -0.464 e. The van der Waals surface area contributed by atoms with Gasteiger partial charge in [-0.1, -0.05) is 111 Å². The number of benzene rings is 1. The SMILES string of the molecule is OC1(Cl)C(Cl)C(Cl)(Cl)C(Cl)(Cl)C(Cl)(Cl)C1(Cl)Oc1ccccc1. The van der Waals surface area contributed by atoms with Crippen LogP contribution in [0, 0.1) is 0 Å². The molecule has 0 spiro atoms. The van der Waals surface area contributed by atoms with Gasteiger partial charge in [0, 0.05) is 0 Å². The third kappa shape index (κ3) is 2.81. The molecule has 1 aromatic carbocycles. The van der Waals surface area contributed by atoms with Crippen LogP contribution in [0.25, 0.3) is 0 Å². The standard InChI is InChI=1S/C12H7Cl9O2/c13-7-8(14,15)10(17,18)11(19,20)12(21,9(7,16)22)23-6-4-2-1-3-5-6/h1-5,7,22H. The molecule has 0 aromatic heterocycles. The van der Waals surface area contributed by atoms with Crippen molar-refractivity contribution >= 4 is 104 Å². The van der Waals surface area contributed by atoms with E-state index >= 15 is 0 Å². The summed E-state index contributed by atoms with van der Waals surface area (Å²) in [6, 6.07) is 8.01. The van der Waals surface area contributed by atoms with Gasteiger partial charge in [-0.2, -0.15) is 0 Å². The van der Waals surface area contributed by atoms with Crippen LogP contribution < -0.4 is 4.74 Å². The van der Waals surface area contributed by atoms with Crippen LogP contribution in [0.5, 0.6) is 5.75 Å². The van der Waals surface area contributed by atoms with Crippen molar-refractivity contribution in [2.75, 3.05) is 0 Å². The fourth-order valence-corrected chi connectivity index (χ4v) is 5.39. The number of para-hydroxylation sites is 1. The van der Waals surface area contributed by atoms with Crippen molar-refractivity contribution in [3.8, 4) is 5.75 Å². The third-order valence-electron chi connectivity index (χ3n) is 3.32. The molecule has 0 aliphatic heterocycles. The van der Waals surface area contributed by atoms with Crippen molar-refractivity contribution in [2.45, 2.75) is 28.5 Å². The highest BCUT2D eigenvalue weighted by Crippen LogP contribution is 2.70. The monoisotopic (exact) mass is 498 g/mol. The lowest BCUT2D eigenvalue weighted by Crippen LogP contribution is -2.80. The molecule has 1 fully saturated rings. The van der Waals surface area contributed by atoms with E-state index in [0.29, 0.717) is 0 Å². The first kappa shape index (κ1) is 20.9. The van der Waals surface area contributed by atoms with Crippen LogP contribution in [0.1, 0.15) is 0 Å². The van der Waals surface area contributed by atoms with Gasteiger partial charge in [0.1, 0.15) is 11.1 Å². The smallest absolute Gasteiger partial charge is 0.262 e. The van der Waals surface area contributed by atoms with Crippen molar-refractivity contribution < 1.29 is 9.84 Å². The molecule has 0 radical (unpaired) electrons. The predicted molar refractivity (Wildman–Crippen MR) is 99.4 cm³/mol. The summed E-state index contributed by atoms with van der Waals surface area (Å²) in [4.78, 5) is 0. The zero-order valence-electron chi connectivity index (χ0n) is 10.7. The molecule has 2 rings (SSSR count). The van der Waals surface area contributed by atoms with Gasteiger partial charge in [-0.25, -0.2) is 0 Å². The lowest BCUT2D eigenvalue weighted by Gasteiger charge is -2.59. The van der Waals surface area contributed by atoms with E-state index in [9.17, 15) is 5.11 Å². The summed E-state index contributed by atoms with van der Waals surface area (Å²) >= 11 is 55.4. The molecular formula is C12H7Cl9O2. The Balaban J connectivity index is 2.64. The van der Waals surface area contributed by atoms with E-state index in [1.807, 2.05) is 0 Å². The Kier molecular flexibility index (Phi) is 5.76. The average molecular weight is 502 g/mol. The number of ether oxygens (including phenoxy) is 1. The number of hydrogen-bond acceptors (Lipinski definition) is 2. The minimum absolute atomic E-state index is 0.164. The second-order valence-corrected chi connectivity index (χ2v) is 10.4. The van der Waals surface area contributed by atoms with Crippen LogP contribution in [0.4, 0.5) is 0 Å². The molecule has 2 nitrogen and oxygen atoms in total. The summed E-state index contributed by atoms with van der Waals surface area (Å²) in [5.41, 5.74) is 0. The van der Waals surface area contributed by atoms with E-state index in [1.54, 1.807) is 18.2 Å². The van der Waals surface area contributed by atoms with Gasteiger partial charge in [0.2, 0.25) is 9.39 Å². The van der Waals surface area contributed by atoms with Gasteiger partial charge in [0.05, 0.1) is 0 Å². The van der Waals surface area contributed by atoms with E-state index in [2.05, 4.69) is 0 Å². The molecule has 0 amide bonds. The van der Waals surface area contributed by atoms with E-state index < -0.39 is 28.5 Å². The molecule has 1 saturated carbocycles. The third-order valence-corrected chi connectivity index (χ3v) is 9.76. The van der Waals surface area contributed by atoms with Crippen molar-refractivity contribution in [1.29, 1.82) is 0 Å². The normalized spacial score (nSPS) is 38.1. The first-order valence-electron chi connectivity index (χ1n) is 5.85. The summed E-state index contributed by atoms with van der Waals surface area (Å²) < 4.78 is -1.59. The van der Waals surface area contributed by atoms with E-state index in [4.69, 9.17) is 109 Å². The molecule has 3 unspecified atom stereocenters. The molecule has 1 aromatic rings. The van der Waals surface area contributed by atoms with Gasteiger partial charge < -0.3 is 9.84 Å². The molecule has 0 heterocycles. The first-order chi connectivity index (χ1) is 10.2. The molecule has 1 aliphatic rings. The largest absolute Gasteiger partial charge is 0.464 e. The van der Waals surface area contributed by atoms with Crippen molar-refractivity contribution in [2.24, 2.45) is 0 Å². The van der Waals surface area contributed by atoms with Gasteiger partial charge >= 0.3 is 0 Å². The fraction of sp³-hybridized carbons (Fsp3) is 0.500. The Labute approximate surface area is 177 Å². The van der Waals surface area contributed by atoms with Crippen LogP contribution in [-0.2, 0) is 0 Å². The number of rotatable bonds is 2. The van der Waals surface area contributed by atoms with E-state index in [1.165, 1.54) is 12.1 Å². The maximum atomic E-state index is 10.6. The Morgan fingerprint density at radius 2 is 1.30 bits per heavy atom. The highest BCUT2D eigenvalue weighted by atomic mass is 35.5. The van der Waals surface area contributed by atoms with Crippen LogP contribution in [0.2, 0.25) is 0 Å². The lowest BCUT2D eigenvalue weighted by atomic mass is 9.89. The lowest BCUT2D eigenvalue weighted by molar-refractivity contribution is -0.0622.